The Morgan fingerprint density at radius 1 is 1.39 bits per heavy atom. The number of aryl methyl sites for hydroxylation is 1. The van der Waals surface area contributed by atoms with Gasteiger partial charge in [0.05, 0.1) is 12.5 Å². The molecule has 2 rings (SSSR count). The molecule has 3 heteroatoms. The van der Waals surface area contributed by atoms with E-state index in [1.165, 1.54) is 16.7 Å². The second-order valence-electron chi connectivity index (χ2n) is 4.91. The minimum atomic E-state index is -0.0755. The van der Waals surface area contributed by atoms with Crippen LogP contribution < -0.4 is 5.32 Å². The van der Waals surface area contributed by atoms with Gasteiger partial charge in [0.25, 0.3) is 0 Å². The second kappa shape index (κ2) is 5.53. The highest BCUT2D eigenvalue weighted by molar-refractivity contribution is 5.74. The monoisotopic (exact) mass is 247 g/mol. The summed E-state index contributed by atoms with van der Waals surface area (Å²) in [6.45, 7) is 8.12. The van der Waals surface area contributed by atoms with E-state index in [9.17, 15) is 4.79 Å². The van der Waals surface area contributed by atoms with Crippen molar-refractivity contribution in [2.75, 3.05) is 19.7 Å². The van der Waals surface area contributed by atoms with Crippen molar-refractivity contribution in [3.8, 4) is 0 Å². The van der Waals surface area contributed by atoms with Crippen LogP contribution in [0.1, 0.15) is 29.5 Å². The van der Waals surface area contributed by atoms with E-state index in [1.54, 1.807) is 0 Å². The molecule has 1 aliphatic heterocycles. The van der Waals surface area contributed by atoms with E-state index < -0.39 is 0 Å². The Morgan fingerprint density at radius 2 is 2.17 bits per heavy atom. The fraction of sp³-hybridized carbons (Fsp3) is 0.533. The van der Waals surface area contributed by atoms with Crippen LogP contribution in [-0.4, -0.2) is 25.7 Å². The quantitative estimate of drug-likeness (QED) is 0.832. The van der Waals surface area contributed by atoms with Crippen molar-refractivity contribution in [1.82, 2.24) is 5.32 Å². The maximum absolute atomic E-state index is 12.0. The SMILES string of the molecule is CCOC(=O)[C@@H]1CNC[C@H]1c1cccc(C)c1C. The Labute approximate surface area is 109 Å². The van der Waals surface area contributed by atoms with Gasteiger partial charge in [-0.1, -0.05) is 18.2 Å². The van der Waals surface area contributed by atoms with Crippen LogP contribution in [0.15, 0.2) is 18.2 Å². The molecule has 1 N–H and O–H groups in total. The number of carbonyl (C=O) groups excluding carboxylic acids is 1. The van der Waals surface area contributed by atoms with Gasteiger partial charge < -0.3 is 10.1 Å². The third-order valence-electron chi connectivity index (χ3n) is 3.85. The van der Waals surface area contributed by atoms with Gasteiger partial charge in [0.15, 0.2) is 0 Å². The lowest BCUT2D eigenvalue weighted by Crippen LogP contribution is -2.24. The van der Waals surface area contributed by atoms with Crippen LogP contribution in [-0.2, 0) is 9.53 Å². The van der Waals surface area contributed by atoms with Crippen LogP contribution in [0.5, 0.6) is 0 Å². The average molecular weight is 247 g/mol. The summed E-state index contributed by atoms with van der Waals surface area (Å²) in [7, 11) is 0. The number of rotatable bonds is 3. The molecule has 1 aromatic carbocycles. The van der Waals surface area contributed by atoms with Crippen molar-refractivity contribution in [2.24, 2.45) is 5.92 Å². The van der Waals surface area contributed by atoms with Crippen LogP contribution in [0.3, 0.4) is 0 Å². The summed E-state index contributed by atoms with van der Waals surface area (Å²) >= 11 is 0. The summed E-state index contributed by atoms with van der Waals surface area (Å²) in [4.78, 5) is 12.0. The Bertz CT molecular complexity index is 442. The molecule has 0 radical (unpaired) electrons. The van der Waals surface area contributed by atoms with Crippen molar-refractivity contribution in [3.05, 3.63) is 34.9 Å². The number of ether oxygens (including phenoxy) is 1. The lowest BCUT2D eigenvalue weighted by molar-refractivity contribution is -0.147. The molecule has 0 aliphatic carbocycles. The van der Waals surface area contributed by atoms with E-state index in [0.29, 0.717) is 6.61 Å². The normalized spacial score (nSPS) is 23.1. The van der Waals surface area contributed by atoms with Gasteiger partial charge in [0.1, 0.15) is 0 Å². The van der Waals surface area contributed by atoms with Crippen molar-refractivity contribution in [2.45, 2.75) is 26.7 Å². The minimum absolute atomic E-state index is 0.0505. The first-order chi connectivity index (χ1) is 8.65. The van der Waals surface area contributed by atoms with Crippen LogP contribution in [0.2, 0.25) is 0 Å². The Kier molecular flexibility index (Phi) is 4.02. The van der Waals surface area contributed by atoms with Gasteiger partial charge in [-0.25, -0.2) is 0 Å². The van der Waals surface area contributed by atoms with Gasteiger partial charge in [-0.2, -0.15) is 0 Å². The van der Waals surface area contributed by atoms with Gasteiger partial charge in [0.2, 0.25) is 0 Å². The second-order valence-corrected chi connectivity index (χ2v) is 4.91. The molecule has 1 heterocycles. The van der Waals surface area contributed by atoms with Crippen LogP contribution in [0, 0.1) is 19.8 Å². The summed E-state index contributed by atoms with van der Waals surface area (Å²) in [5.74, 6) is 0.114. The van der Waals surface area contributed by atoms with Gasteiger partial charge in [0, 0.05) is 19.0 Å². The zero-order chi connectivity index (χ0) is 13.1. The molecule has 0 bridgehead atoms. The molecule has 2 atom stereocenters. The largest absolute Gasteiger partial charge is 0.466 e. The molecule has 0 saturated carbocycles. The lowest BCUT2D eigenvalue weighted by atomic mass is 9.85. The highest BCUT2D eigenvalue weighted by Crippen LogP contribution is 2.32. The minimum Gasteiger partial charge on any atom is -0.466 e. The Morgan fingerprint density at radius 3 is 2.89 bits per heavy atom. The molecule has 0 spiro atoms. The fourth-order valence-corrected chi connectivity index (χ4v) is 2.68. The first kappa shape index (κ1) is 13.1. The van der Waals surface area contributed by atoms with Gasteiger partial charge in [-0.05, 0) is 37.5 Å². The summed E-state index contributed by atoms with van der Waals surface area (Å²) < 4.78 is 5.17. The zero-order valence-corrected chi connectivity index (χ0v) is 11.3. The van der Waals surface area contributed by atoms with E-state index >= 15 is 0 Å². The standard InChI is InChI=1S/C15H21NO2/c1-4-18-15(17)14-9-16-8-13(14)12-7-5-6-10(2)11(12)3/h5-7,13-14,16H,4,8-9H2,1-3H3/t13-,14+/m0/s1. The van der Waals surface area contributed by atoms with Crippen molar-refractivity contribution < 1.29 is 9.53 Å². The van der Waals surface area contributed by atoms with E-state index in [1.807, 2.05) is 6.92 Å². The first-order valence-electron chi connectivity index (χ1n) is 6.58. The average Bonchev–Trinajstić information content (AvgIpc) is 2.82. The van der Waals surface area contributed by atoms with E-state index in [4.69, 9.17) is 4.74 Å². The molecule has 3 nitrogen and oxygen atoms in total. The lowest BCUT2D eigenvalue weighted by Gasteiger charge is -2.20. The summed E-state index contributed by atoms with van der Waals surface area (Å²) in [6, 6.07) is 6.31. The van der Waals surface area contributed by atoms with Gasteiger partial charge in [-0.15, -0.1) is 0 Å². The van der Waals surface area contributed by atoms with Crippen LogP contribution >= 0.6 is 0 Å². The number of benzene rings is 1. The molecule has 1 fully saturated rings. The highest BCUT2D eigenvalue weighted by atomic mass is 16.5. The molecular formula is C15H21NO2. The number of hydrogen-bond acceptors (Lipinski definition) is 3. The molecule has 1 aromatic rings. The fourth-order valence-electron chi connectivity index (χ4n) is 2.68. The van der Waals surface area contributed by atoms with Crippen molar-refractivity contribution >= 4 is 5.97 Å². The number of nitrogens with one attached hydrogen (secondary N) is 1. The molecule has 1 saturated heterocycles. The molecular weight excluding hydrogens is 226 g/mol. The number of hydrogen-bond donors (Lipinski definition) is 1. The summed E-state index contributed by atoms with van der Waals surface area (Å²) in [5, 5.41) is 3.31. The summed E-state index contributed by atoms with van der Waals surface area (Å²) in [6.07, 6.45) is 0. The third-order valence-corrected chi connectivity index (χ3v) is 3.85. The predicted octanol–water partition coefficient (Wildman–Crippen LogP) is 2.17. The van der Waals surface area contributed by atoms with E-state index in [0.717, 1.165) is 13.1 Å². The zero-order valence-electron chi connectivity index (χ0n) is 11.3. The highest BCUT2D eigenvalue weighted by Gasteiger charge is 2.35. The summed E-state index contributed by atoms with van der Waals surface area (Å²) in [5.41, 5.74) is 3.85. The Balaban J connectivity index is 2.26. The Hall–Kier alpha value is -1.35. The smallest absolute Gasteiger partial charge is 0.310 e. The van der Waals surface area contributed by atoms with Crippen molar-refractivity contribution in [3.63, 3.8) is 0 Å². The molecule has 0 aromatic heterocycles. The topological polar surface area (TPSA) is 38.3 Å². The van der Waals surface area contributed by atoms with Crippen LogP contribution in [0.25, 0.3) is 0 Å². The van der Waals surface area contributed by atoms with E-state index in [-0.39, 0.29) is 17.8 Å². The van der Waals surface area contributed by atoms with Gasteiger partial charge in [-0.3, -0.25) is 4.79 Å². The van der Waals surface area contributed by atoms with Gasteiger partial charge >= 0.3 is 5.97 Å². The maximum Gasteiger partial charge on any atom is 0.310 e. The number of esters is 1. The third kappa shape index (κ3) is 2.41. The molecule has 18 heavy (non-hydrogen) atoms. The predicted molar refractivity (Wildman–Crippen MR) is 71.6 cm³/mol. The first-order valence-corrected chi connectivity index (χ1v) is 6.58. The maximum atomic E-state index is 12.0. The number of carbonyl (C=O) groups is 1. The molecule has 98 valence electrons. The molecule has 1 aliphatic rings. The molecule has 0 unspecified atom stereocenters. The van der Waals surface area contributed by atoms with Crippen LogP contribution in [0.4, 0.5) is 0 Å². The van der Waals surface area contributed by atoms with E-state index in [2.05, 4.69) is 37.4 Å². The van der Waals surface area contributed by atoms with Crippen molar-refractivity contribution in [1.29, 1.82) is 0 Å². The molecule has 0 amide bonds.